The van der Waals surface area contributed by atoms with Crippen molar-refractivity contribution in [3.8, 4) is 45.6 Å². The van der Waals surface area contributed by atoms with E-state index >= 15 is 22.0 Å². The molecular formula is C37H32F6O4. The molecule has 0 saturated carbocycles. The van der Waals surface area contributed by atoms with Gasteiger partial charge in [0.05, 0.1) is 25.3 Å². The third-order valence-corrected chi connectivity index (χ3v) is 10.3. The topological polar surface area (TPSA) is 36.9 Å². The van der Waals surface area contributed by atoms with Crippen LogP contribution >= 0.6 is 0 Å². The largest absolute Gasteiger partial charge is 0.493 e. The molecule has 1 atom stereocenters. The first-order chi connectivity index (χ1) is 22.0. The Morgan fingerprint density at radius 2 is 0.936 bits per heavy atom. The van der Waals surface area contributed by atoms with Crippen LogP contribution in [0.5, 0.6) is 34.5 Å². The molecule has 0 saturated heterocycles. The van der Waals surface area contributed by atoms with Crippen LogP contribution in [0.2, 0.25) is 0 Å². The van der Waals surface area contributed by atoms with Gasteiger partial charge in [0.25, 0.3) is 0 Å². The van der Waals surface area contributed by atoms with Gasteiger partial charge < -0.3 is 18.9 Å². The van der Waals surface area contributed by atoms with E-state index in [2.05, 4.69) is 27.7 Å². The van der Waals surface area contributed by atoms with E-state index in [9.17, 15) is 4.39 Å². The number of methoxy groups -OCH3 is 2. The lowest BCUT2D eigenvalue weighted by molar-refractivity contribution is 0.316. The van der Waals surface area contributed by atoms with Gasteiger partial charge >= 0.3 is 0 Å². The van der Waals surface area contributed by atoms with Gasteiger partial charge in [-0.05, 0) is 95.2 Å². The van der Waals surface area contributed by atoms with Gasteiger partial charge in [0, 0.05) is 5.41 Å². The third-order valence-electron chi connectivity index (χ3n) is 10.3. The van der Waals surface area contributed by atoms with Crippen molar-refractivity contribution in [1.29, 1.82) is 0 Å². The average Bonchev–Trinajstić information content (AvgIpc) is 3.39. The van der Waals surface area contributed by atoms with Crippen LogP contribution in [0.4, 0.5) is 26.3 Å². The highest BCUT2D eigenvalue weighted by molar-refractivity contribution is 5.74. The van der Waals surface area contributed by atoms with Crippen LogP contribution in [0.25, 0.3) is 11.1 Å². The summed E-state index contributed by atoms with van der Waals surface area (Å²) in [5, 5.41) is 0. The quantitative estimate of drug-likeness (QED) is 0.143. The fourth-order valence-electron chi connectivity index (χ4n) is 8.15. The van der Waals surface area contributed by atoms with Crippen molar-refractivity contribution in [2.75, 3.05) is 14.2 Å². The van der Waals surface area contributed by atoms with Gasteiger partial charge in [-0.15, -0.1) is 0 Å². The van der Waals surface area contributed by atoms with E-state index in [1.807, 2.05) is 12.1 Å². The summed E-state index contributed by atoms with van der Waals surface area (Å²) in [5.41, 5.74) is -0.905. The summed E-state index contributed by atoms with van der Waals surface area (Å²) >= 11 is 0. The molecule has 47 heavy (non-hydrogen) atoms. The Kier molecular flexibility index (Phi) is 6.55. The Labute approximate surface area is 268 Å². The highest BCUT2D eigenvalue weighted by Crippen LogP contribution is 2.66. The summed E-state index contributed by atoms with van der Waals surface area (Å²) in [4.78, 5) is 0. The number of ether oxygens (including phenoxy) is 4. The van der Waals surface area contributed by atoms with Gasteiger partial charge in [-0.1, -0.05) is 27.7 Å². The van der Waals surface area contributed by atoms with E-state index in [1.54, 1.807) is 26.4 Å². The zero-order valence-corrected chi connectivity index (χ0v) is 27.1. The lowest BCUT2D eigenvalue weighted by Crippen LogP contribution is -2.27. The normalized spacial score (nSPS) is 19.4. The minimum atomic E-state index is -1.94. The third kappa shape index (κ3) is 4.02. The first-order valence-corrected chi connectivity index (χ1v) is 15.1. The maximum Gasteiger partial charge on any atom is 0.211 e. The number of hydrogen-bond donors (Lipinski definition) is 0. The molecule has 246 valence electrons. The summed E-state index contributed by atoms with van der Waals surface area (Å²) in [7, 11) is 3.15. The maximum atomic E-state index is 16.1. The zero-order chi connectivity index (χ0) is 34.1. The summed E-state index contributed by atoms with van der Waals surface area (Å²) in [5.74, 6) is -10.7. The average molecular weight is 655 g/mol. The summed E-state index contributed by atoms with van der Waals surface area (Å²) in [6.45, 7) is 10.7. The van der Waals surface area contributed by atoms with E-state index in [0.717, 1.165) is 36.1 Å². The first-order valence-electron chi connectivity index (χ1n) is 15.1. The minimum Gasteiger partial charge on any atom is -0.493 e. The number of benzene rings is 4. The minimum absolute atomic E-state index is 0.00855. The number of fused-ring (bicyclic) bond motifs is 6. The molecule has 0 N–H and O–H groups in total. The molecule has 1 heterocycles. The van der Waals surface area contributed by atoms with Gasteiger partial charge in [-0.2, -0.15) is 4.39 Å². The lowest BCUT2D eigenvalue weighted by atomic mass is 9.72. The molecule has 0 fully saturated rings. The van der Waals surface area contributed by atoms with Crippen LogP contribution < -0.4 is 18.9 Å². The van der Waals surface area contributed by atoms with Crippen LogP contribution in [0.1, 0.15) is 73.9 Å². The van der Waals surface area contributed by atoms with Crippen molar-refractivity contribution in [2.45, 2.75) is 70.6 Å². The van der Waals surface area contributed by atoms with Crippen LogP contribution in [-0.2, 0) is 16.2 Å². The molecule has 0 bridgehead atoms. The molecule has 3 aliphatic rings. The van der Waals surface area contributed by atoms with E-state index in [1.165, 1.54) is 0 Å². The lowest BCUT2D eigenvalue weighted by Gasteiger charge is -2.31. The van der Waals surface area contributed by atoms with Crippen molar-refractivity contribution in [1.82, 2.24) is 0 Å². The molecule has 0 aromatic heterocycles. The fraction of sp³-hybridized carbons (Fsp3) is 0.351. The highest BCUT2D eigenvalue weighted by Gasteiger charge is 2.57. The Morgan fingerprint density at radius 3 is 1.49 bits per heavy atom. The molecule has 4 aromatic rings. The van der Waals surface area contributed by atoms with Crippen molar-refractivity contribution in [3.63, 3.8) is 0 Å². The van der Waals surface area contributed by atoms with Gasteiger partial charge in [-0.3, -0.25) is 0 Å². The first kappa shape index (κ1) is 31.3. The molecule has 7 rings (SSSR count). The smallest absolute Gasteiger partial charge is 0.211 e. The molecule has 4 aromatic carbocycles. The second-order valence-electron chi connectivity index (χ2n) is 14.0. The van der Waals surface area contributed by atoms with Crippen molar-refractivity contribution >= 4 is 0 Å². The van der Waals surface area contributed by atoms with Crippen LogP contribution in [0.3, 0.4) is 0 Å². The summed E-state index contributed by atoms with van der Waals surface area (Å²) < 4.78 is 115. The van der Waals surface area contributed by atoms with E-state index in [4.69, 9.17) is 18.9 Å². The van der Waals surface area contributed by atoms with Gasteiger partial charge in [0.1, 0.15) is 5.82 Å². The Hall–Kier alpha value is -4.34. The number of rotatable bonds is 3. The molecule has 1 aliphatic heterocycles. The second-order valence-corrected chi connectivity index (χ2v) is 14.0. The van der Waals surface area contributed by atoms with Crippen LogP contribution in [0, 0.1) is 48.8 Å². The molecule has 1 unspecified atom stereocenters. The maximum absolute atomic E-state index is 16.1. The van der Waals surface area contributed by atoms with Gasteiger partial charge in [0.15, 0.2) is 46.3 Å². The Morgan fingerprint density at radius 1 is 0.532 bits per heavy atom. The Bertz CT molecular complexity index is 2040. The predicted molar refractivity (Wildman–Crippen MR) is 163 cm³/mol. The van der Waals surface area contributed by atoms with E-state index in [0.29, 0.717) is 24.3 Å². The fourth-order valence-corrected chi connectivity index (χ4v) is 8.15. The molecule has 2 aliphatic carbocycles. The van der Waals surface area contributed by atoms with Gasteiger partial charge in [0.2, 0.25) is 17.3 Å². The van der Waals surface area contributed by atoms with Crippen molar-refractivity contribution in [3.05, 3.63) is 92.5 Å². The van der Waals surface area contributed by atoms with Crippen LogP contribution in [-0.4, -0.2) is 14.2 Å². The molecule has 0 radical (unpaired) electrons. The van der Waals surface area contributed by atoms with Gasteiger partial charge in [-0.25, -0.2) is 22.0 Å². The molecule has 1 spiro atoms. The summed E-state index contributed by atoms with van der Waals surface area (Å²) in [6, 6.07) is 7.38. The SMILES string of the molecule is COc1cc2c(cc1OC)C1(CC2(C)C)CC(C)(C)c2cc3c(cc21)Oc1c(F)c(F)c(-c2c(F)c(C)c(C)c(F)c2F)c(F)c1O3. The number of hydrogen-bond acceptors (Lipinski definition) is 4. The number of halogens is 6. The molecular weight excluding hydrogens is 622 g/mol. The highest BCUT2D eigenvalue weighted by atomic mass is 19.2. The Balaban J connectivity index is 1.41. The van der Waals surface area contributed by atoms with E-state index in [-0.39, 0.29) is 28.0 Å². The molecule has 0 amide bonds. The summed E-state index contributed by atoms with van der Waals surface area (Å²) in [6.07, 6.45) is 1.39. The molecule has 4 nitrogen and oxygen atoms in total. The van der Waals surface area contributed by atoms with E-state index < -0.39 is 68.4 Å². The van der Waals surface area contributed by atoms with Crippen LogP contribution in [0.15, 0.2) is 24.3 Å². The van der Waals surface area contributed by atoms with Crippen molar-refractivity contribution in [2.24, 2.45) is 0 Å². The monoisotopic (exact) mass is 654 g/mol. The predicted octanol–water partition coefficient (Wildman–Crippen LogP) is 10.4. The van der Waals surface area contributed by atoms with Crippen molar-refractivity contribution < 1.29 is 45.3 Å². The standard InChI is InChI=1S/C37H32F6O4/c1-15-16(2)28(39)29(40)25(27(15)38)26-30(41)32(43)34-33(31(26)42)46-23-10-18-20(12-24(23)47-34)37(14-36(18,5)6)13-35(3,4)17-9-21(44-7)22(45-8)11-19(17)37/h9-12H,13-14H2,1-8H3. The molecule has 10 heteroatoms. The zero-order valence-electron chi connectivity index (χ0n) is 27.1. The second kappa shape index (κ2) is 9.84.